The Morgan fingerprint density at radius 3 is 2.00 bits per heavy atom. The van der Waals surface area contributed by atoms with Crippen molar-refractivity contribution in [3.05, 3.63) is 71.8 Å². The summed E-state index contributed by atoms with van der Waals surface area (Å²) in [5, 5.41) is 0.0317. The maximum atomic E-state index is 12.6. The van der Waals surface area contributed by atoms with Crippen molar-refractivity contribution < 1.29 is 4.21 Å². The Morgan fingerprint density at radius 2 is 1.45 bits per heavy atom. The molecule has 0 amide bonds. The normalized spacial score (nSPS) is 14.8. The van der Waals surface area contributed by atoms with E-state index in [0.29, 0.717) is 0 Å². The second kappa shape index (κ2) is 6.59. The molecule has 0 spiro atoms. The van der Waals surface area contributed by atoms with Crippen molar-refractivity contribution in [3.8, 4) is 0 Å². The average molecular weight is 304 g/mol. The van der Waals surface area contributed by atoms with Gasteiger partial charge in [-0.3, -0.25) is 0 Å². The Bertz CT molecular complexity index is 564. The first-order valence-corrected chi connectivity index (χ1v) is 9.26. The molecule has 0 aromatic heterocycles. The maximum Gasteiger partial charge on any atom is 0.0885 e. The van der Waals surface area contributed by atoms with Crippen LogP contribution in [0.3, 0.4) is 0 Å². The average Bonchev–Trinajstić information content (AvgIpc) is 2.48. The number of rotatable bonds is 5. The van der Waals surface area contributed by atoms with Crippen molar-refractivity contribution in [2.75, 3.05) is 0 Å². The van der Waals surface area contributed by atoms with Gasteiger partial charge >= 0.3 is 0 Å². The fourth-order valence-corrected chi connectivity index (χ4v) is 5.45. The summed E-state index contributed by atoms with van der Waals surface area (Å²) in [4.78, 5) is 0. The predicted octanol–water partition coefficient (Wildman–Crippen LogP) is 5.08. The standard InChI is InChI=1S/C17H20OS2/c1-14(15-10-6-4-7-11-15)20(18)19-17(2,3)16-12-8-5-9-13-16/h4-14H,1-3H3. The molecular formula is C17H20OS2. The minimum atomic E-state index is -0.969. The fourth-order valence-electron chi connectivity index (χ4n) is 2.00. The molecule has 20 heavy (non-hydrogen) atoms. The Kier molecular flexibility index (Phi) is 5.06. The molecule has 2 unspecified atom stereocenters. The largest absolute Gasteiger partial charge is 0.247 e. The highest BCUT2D eigenvalue weighted by atomic mass is 33.1. The van der Waals surface area contributed by atoms with Crippen LogP contribution in [0.25, 0.3) is 0 Å². The molecule has 2 aromatic rings. The molecule has 0 saturated carbocycles. The molecule has 1 nitrogen and oxygen atoms in total. The van der Waals surface area contributed by atoms with Gasteiger partial charge in [-0.1, -0.05) is 60.7 Å². The monoisotopic (exact) mass is 304 g/mol. The summed E-state index contributed by atoms with van der Waals surface area (Å²) in [5.41, 5.74) is 2.33. The third-order valence-corrected chi connectivity index (χ3v) is 7.59. The first-order chi connectivity index (χ1) is 9.50. The molecule has 0 aliphatic rings. The van der Waals surface area contributed by atoms with Gasteiger partial charge in [-0.25, -0.2) is 4.21 Å². The highest BCUT2D eigenvalue weighted by Gasteiger charge is 2.27. The number of hydrogen-bond acceptors (Lipinski definition) is 2. The first-order valence-electron chi connectivity index (χ1n) is 6.71. The SMILES string of the molecule is CC(c1ccccc1)S(=O)SC(C)(C)c1ccccc1. The minimum absolute atomic E-state index is 0.0317. The molecule has 2 aromatic carbocycles. The first kappa shape index (κ1) is 15.3. The highest BCUT2D eigenvalue weighted by molar-refractivity contribution is 8.69. The lowest BCUT2D eigenvalue weighted by molar-refractivity contribution is 0.684. The van der Waals surface area contributed by atoms with Gasteiger partial charge in [0.1, 0.15) is 0 Å². The third kappa shape index (κ3) is 3.74. The summed E-state index contributed by atoms with van der Waals surface area (Å²) >= 11 is 0. The lowest BCUT2D eigenvalue weighted by atomic mass is 10.0. The molecule has 0 radical (unpaired) electrons. The molecule has 0 bridgehead atoms. The summed E-state index contributed by atoms with van der Waals surface area (Å²) in [6, 6.07) is 20.3. The van der Waals surface area contributed by atoms with Gasteiger partial charge in [0, 0.05) is 4.75 Å². The van der Waals surface area contributed by atoms with Crippen LogP contribution in [0.4, 0.5) is 0 Å². The molecule has 3 heteroatoms. The molecule has 0 heterocycles. The van der Waals surface area contributed by atoms with Crippen LogP contribution in [0.15, 0.2) is 60.7 Å². The van der Waals surface area contributed by atoms with E-state index in [-0.39, 0.29) is 10.00 Å². The summed E-state index contributed by atoms with van der Waals surface area (Å²) in [6.07, 6.45) is 0. The zero-order valence-electron chi connectivity index (χ0n) is 12.1. The van der Waals surface area contributed by atoms with E-state index in [9.17, 15) is 4.21 Å². The molecule has 0 fully saturated rings. The quantitative estimate of drug-likeness (QED) is 0.717. The summed E-state index contributed by atoms with van der Waals surface area (Å²) in [5.74, 6) is 0. The minimum Gasteiger partial charge on any atom is -0.247 e. The van der Waals surface area contributed by atoms with Crippen LogP contribution in [0.5, 0.6) is 0 Å². The van der Waals surface area contributed by atoms with Crippen LogP contribution < -0.4 is 0 Å². The lowest BCUT2D eigenvalue weighted by Crippen LogP contribution is -2.15. The van der Waals surface area contributed by atoms with Crippen molar-refractivity contribution in [2.24, 2.45) is 0 Å². The third-order valence-electron chi connectivity index (χ3n) is 3.32. The second-order valence-corrected chi connectivity index (χ2v) is 9.17. The van der Waals surface area contributed by atoms with Crippen molar-refractivity contribution in [1.82, 2.24) is 0 Å². The molecule has 0 aliphatic heterocycles. The highest BCUT2D eigenvalue weighted by Crippen LogP contribution is 2.41. The Balaban J connectivity index is 2.11. The Morgan fingerprint density at radius 1 is 0.950 bits per heavy atom. The van der Waals surface area contributed by atoms with Crippen molar-refractivity contribution in [1.29, 1.82) is 0 Å². The predicted molar refractivity (Wildman–Crippen MR) is 90.1 cm³/mol. The summed E-state index contributed by atoms with van der Waals surface area (Å²) < 4.78 is 12.4. The van der Waals surface area contributed by atoms with Gasteiger partial charge < -0.3 is 0 Å². The van der Waals surface area contributed by atoms with Crippen LogP contribution in [0.1, 0.15) is 37.1 Å². The van der Waals surface area contributed by atoms with Gasteiger partial charge in [-0.15, -0.1) is 0 Å². The van der Waals surface area contributed by atoms with Gasteiger partial charge in [0.2, 0.25) is 0 Å². The van der Waals surface area contributed by atoms with Crippen molar-refractivity contribution >= 4 is 20.6 Å². The van der Waals surface area contributed by atoms with E-state index < -0.39 is 9.83 Å². The molecule has 0 N–H and O–H groups in total. The molecule has 106 valence electrons. The van der Waals surface area contributed by atoms with E-state index in [2.05, 4.69) is 26.0 Å². The van der Waals surface area contributed by atoms with Gasteiger partial charge in [-0.05, 0) is 42.7 Å². The molecule has 2 rings (SSSR count). The van der Waals surface area contributed by atoms with Gasteiger partial charge in [0.15, 0.2) is 0 Å². The lowest BCUT2D eigenvalue weighted by Gasteiger charge is -2.25. The zero-order chi connectivity index (χ0) is 14.6. The molecule has 0 aliphatic carbocycles. The van der Waals surface area contributed by atoms with E-state index in [4.69, 9.17) is 0 Å². The van der Waals surface area contributed by atoms with E-state index in [1.807, 2.05) is 55.5 Å². The Hall–Kier alpha value is -1.06. The van der Waals surface area contributed by atoms with Crippen LogP contribution >= 0.6 is 10.8 Å². The number of benzene rings is 2. The molecular weight excluding hydrogens is 284 g/mol. The summed E-state index contributed by atoms with van der Waals surface area (Å²) in [7, 11) is 0.561. The van der Waals surface area contributed by atoms with Crippen LogP contribution in [0, 0.1) is 0 Å². The van der Waals surface area contributed by atoms with Crippen LogP contribution in [-0.4, -0.2) is 4.21 Å². The zero-order valence-corrected chi connectivity index (χ0v) is 13.7. The Labute approximate surface area is 127 Å². The number of hydrogen-bond donors (Lipinski definition) is 0. The molecule has 2 atom stereocenters. The topological polar surface area (TPSA) is 17.1 Å². The van der Waals surface area contributed by atoms with E-state index in [0.717, 1.165) is 5.56 Å². The van der Waals surface area contributed by atoms with E-state index in [1.54, 1.807) is 0 Å². The molecule has 0 saturated heterocycles. The van der Waals surface area contributed by atoms with Crippen molar-refractivity contribution in [3.63, 3.8) is 0 Å². The van der Waals surface area contributed by atoms with Crippen LogP contribution in [-0.2, 0) is 14.6 Å². The smallest absolute Gasteiger partial charge is 0.0885 e. The van der Waals surface area contributed by atoms with Crippen LogP contribution in [0.2, 0.25) is 0 Å². The maximum absolute atomic E-state index is 12.6. The van der Waals surface area contributed by atoms with Crippen molar-refractivity contribution in [2.45, 2.75) is 30.8 Å². The van der Waals surface area contributed by atoms with Gasteiger partial charge in [0.05, 0.1) is 15.1 Å². The second-order valence-electron chi connectivity index (χ2n) is 5.27. The van der Waals surface area contributed by atoms with E-state index in [1.165, 1.54) is 16.4 Å². The van der Waals surface area contributed by atoms with Gasteiger partial charge in [-0.2, -0.15) is 0 Å². The van der Waals surface area contributed by atoms with E-state index >= 15 is 0 Å². The summed E-state index contributed by atoms with van der Waals surface area (Å²) in [6.45, 7) is 6.28. The fraction of sp³-hybridized carbons (Fsp3) is 0.294. The van der Waals surface area contributed by atoms with Gasteiger partial charge in [0.25, 0.3) is 0 Å².